The van der Waals surface area contributed by atoms with Crippen molar-refractivity contribution in [3.8, 4) is 0 Å². The molecule has 0 aromatic rings. The highest BCUT2D eigenvalue weighted by atomic mass is 14.7. The highest BCUT2D eigenvalue weighted by molar-refractivity contribution is 5.65. The van der Waals surface area contributed by atoms with Gasteiger partial charge in [0.05, 0.1) is 0 Å². The molecule has 1 heteroatoms. The Balaban J connectivity index is 2.64. The summed E-state index contributed by atoms with van der Waals surface area (Å²) in [4.78, 5) is 4.41. The van der Waals surface area contributed by atoms with Crippen LogP contribution in [0.2, 0.25) is 0 Å². The molecule has 0 bridgehead atoms. The molecule has 1 aliphatic rings. The van der Waals surface area contributed by atoms with Crippen LogP contribution in [-0.4, -0.2) is 12.8 Å². The maximum absolute atomic E-state index is 4.41. The van der Waals surface area contributed by atoms with E-state index in [0.29, 0.717) is 5.41 Å². The molecule has 11 heavy (non-hydrogen) atoms. The molecule has 0 saturated heterocycles. The van der Waals surface area contributed by atoms with Gasteiger partial charge in [-0.05, 0) is 18.8 Å². The smallest absolute Gasteiger partial charge is 0.0385 e. The van der Waals surface area contributed by atoms with E-state index in [-0.39, 0.29) is 0 Å². The summed E-state index contributed by atoms with van der Waals surface area (Å²) in [5.74, 6) is 0.784. The highest BCUT2D eigenvalue weighted by Crippen LogP contribution is 2.29. The largest absolute Gasteiger partial charge is 0.297 e. The molecule has 1 aliphatic heterocycles. The fraction of sp³-hybridized carbons (Fsp3) is 0.900. The molecule has 1 unspecified atom stereocenters. The summed E-state index contributed by atoms with van der Waals surface area (Å²) in [6.45, 7) is 7.94. The predicted molar refractivity (Wildman–Crippen MR) is 50.2 cm³/mol. The Hall–Kier alpha value is -0.330. The van der Waals surface area contributed by atoms with Gasteiger partial charge in [-0.3, -0.25) is 4.99 Å². The van der Waals surface area contributed by atoms with Gasteiger partial charge in [0.2, 0.25) is 0 Å². The summed E-state index contributed by atoms with van der Waals surface area (Å²) in [7, 11) is 0. The van der Waals surface area contributed by atoms with Gasteiger partial charge in [-0.15, -0.1) is 0 Å². The van der Waals surface area contributed by atoms with Crippen LogP contribution in [0, 0.1) is 11.3 Å². The summed E-state index contributed by atoms with van der Waals surface area (Å²) < 4.78 is 0. The first-order valence-corrected chi connectivity index (χ1v) is 4.64. The van der Waals surface area contributed by atoms with Gasteiger partial charge in [0, 0.05) is 18.2 Å². The van der Waals surface area contributed by atoms with Crippen LogP contribution in [0.4, 0.5) is 0 Å². The van der Waals surface area contributed by atoms with Crippen molar-refractivity contribution in [3.63, 3.8) is 0 Å². The second-order valence-electron chi connectivity index (χ2n) is 4.25. The second-order valence-corrected chi connectivity index (χ2v) is 4.25. The monoisotopic (exact) mass is 153 g/mol. The van der Waals surface area contributed by atoms with Crippen LogP contribution in [0.3, 0.4) is 0 Å². The Kier molecular flexibility index (Phi) is 2.69. The molecule has 0 amide bonds. The summed E-state index contributed by atoms with van der Waals surface area (Å²) in [5.41, 5.74) is 0.320. The fourth-order valence-electron chi connectivity index (χ4n) is 1.45. The third-order valence-corrected chi connectivity index (χ3v) is 2.87. The number of hydrogen-bond acceptors (Lipinski definition) is 1. The maximum Gasteiger partial charge on any atom is 0.0385 e. The van der Waals surface area contributed by atoms with Crippen LogP contribution in [-0.2, 0) is 0 Å². The molecule has 0 spiro atoms. The first kappa shape index (κ1) is 8.76. The van der Waals surface area contributed by atoms with E-state index in [1.54, 1.807) is 0 Å². The standard InChI is InChI=1S/C10H19N/c1-9-6-4-5-7-11-8-10(9,2)3/h8-9H,4-7H2,1-3H3. The zero-order valence-corrected chi connectivity index (χ0v) is 7.93. The average Bonchev–Trinajstić information content (AvgIpc) is 1.93. The molecule has 0 saturated carbocycles. The van der Waals surface area contributed by atoms with E-state index in [2.05, 4.69) is 32.0 Å². The minimum atomic E-state index is 0.320. The molecule has 0 fully saturated rings. The van der Waals surface area contributed by atoms with E-state index < -0.39 is 0 Å². The molecule has 0 aromatic heterocycles. The number of nitrogens with zero attached hydrogens (tertiary/aromatic N) is 1. The van der Waals surface area contributed by atoms with Crippen molar-refractivity contribution in [1.29, 1.82) is 0 Å². The van der Waals surface area contributed by atoms with Crippen molar-refractivity contribution in [1.82, 2.24) is 0 Å². The average molecular weight is 153 g/mol. The zero-order chi connectivity index (χ0) is 8.32. The lowest BCUT2D eigenvalue weighted by atomic mass is 9.78. The summed E-state index contributed by atoms with van der Waals surface area (Å²) in [6.07, 6.45) is 6.13. The van der Waals surface area contributed by atoms with Crippen LogP contribution in [0.5, 0.6) is 0 Å². The zero-order valence-electron chi connectivity index (χ0n) is 7.93. The third-order valence-electron chi connectivity index (χ3n) is 2.87. The lowest BCUT2D eigenvalue weighted by Gasteiger charge is -2.29. The van der Waals surface area contributed by atoms with Crippen LogP contribution in [0.1, 0.15) is 40.0 Å². The van der Waals surface area contributed by atoms with Gasteiger partial charge in [-0.25, -0.2) is 0 Å². The number of aliphatic imine (C=N–C) groups is 1. The van der Waals surface area contributed by atoms with Gasteiger partial charge in [-0.2, -0.15) is 0 Å². The normalized spacial score (nSPS) is 31.0. The van der Waals surface area contributed by atoms with E-state index in [0.717, 1.165) is 12.5 Å². The van der Waals surface area contributed by atoms with E-state index >= 15 is 0 Å². The van der Waals surface area contributed by atoms with Gasteiger partial charge in [0.15, 0.2) is 0 Å². The molecule has 0 aliphatic carbocycles. The molecule has 64 valence electrons. The van der Waals surface area contributed by atoms with Gasteiger partial charge in [0.1, 0.15) is 0 Å². The van der Waals surface area contributed by atoms with Gasteiger partial charge < -0.3 is 0 Å². The maximum atomic E-state index is 4.41. The number of rotatable bonds is 0. The number of hydrogen-bond donors (Lipinski definition) is 0. The van der Waals surface area contributed by atoms with Crippen LogP contribution in [0.15, 0.2) is 4.99 Å². The van der Waals surface area contributed by atoms with E-state index in [1.165, 1.54) is 19.3 Å². The summed E-state index contributed by atoms with van der Waals surface area (Å²) in [5, 5.41) is 0. The fourth-order valence-corrected chi connectivity index (χ4v) is 1.45. The van der Waals surface area contributed by atoms with Crippen molar-refractivity contribution < 1.29 is 0 Å². The minimum absolute atomic E-state index is 0.320. The Morgan fingerprint density at radius 1 is 1.36 bits per heavy atom. The third kappa shape index (κ3) is 2.32. The Labute approximate surface area is 69.9 Å². The van der Waals surface area contributed by atoms with Crippen LogP contribution >= 0.6 is 0 Å². The Morgan fingerprint density at radius 3 is 2.82 bits per heavy atom. The summed E-state index contributed by atoms with van der Waals surface area (Å²) >= 11 is 0. The molecule has 0 aromatic carbocycles. The Morgan fingerprint density at radius 2 is 2.09 bits per heavy atom. The SMILES string of the molecule is CC1CCCCN=CC1(C)C. The highest BCUT2D eigenvalue weighted by Gasteiger charge is 2.23. The summed E-state index contributed by atoms with van der Waals surface area (Å²) in [6, 6.07) is 0. The van der Waals surface area contributed by atoms with Crippen molar-refractivity contribution in [3.05, 3.63) is 0 Å². The van der Waals surface area contributed by atoms with Crippen LogP contribution in [0.25, 0.3) is 0 Å². The molecule has 1 atom stereocenters. The first-order chi connectivity index (χ1) is 5.13. The lowest BCUT2D eigenvalue weighted by molar-refractivity contribution is 0.309. The van der Waals surface area contributed by atoms with Crippen molar-refractivity contribution in [2.45, 2.75) is 40.0 Å². The van der Waals surface area contributed by atoms with Gasteiger partial charge in [-0.1, -0.05) is 27.2 Å². The van der Waals surface area contributed by atoms with Gasteiger partial charge in [0.25, 0.3) is 0 Å². The molecule has 1 nitrogen and oxygen atoms in total. The quantitative estimate of drug-likeness (QED) is 0.507. The van der Waals surface area contributed by atoms with E-state index in [1.807, 2.05) is 0 Å². The molecule has 1 heterocycles. The van der Waals surface area contributed by atoms with Crippen molar-refractivity contribution in [2.24, 2.45) is 16.3 Å². The van der Waals surface area contributed by atoms with Crippen molar-refractivity contribution in [2.75, 3.05) is 6.54 Å². The predicted octanol–water partition coefficient (Wildman–Crippen LogP) is 2.90. The minimum Gasteiger partial charge on any atom is -0.297 e. The molecule has 0 N–H and O–H groups in total. The topological polar surface area (TPSA) is 12.4 Å². The second kappa shape index (κ2) is 3.38. The first-order valence-electron chi connectivity index (χ1n) is 4.64. The molecule has 0 radical (unpaired) electrons. The molecule has 1 rings (SSSR count). The van der Waals surface area contributed by atoms with Crippen LogP contribution < -0.4 is 0 Å². The molecular weight excluding hydrogens is 134 g/mol. The van der Waals surface area contributed by atoms with Crippen molar-refractivity contribution >= 4 is 6.21 Å². The molecular formula is C10H19N. The van der Waals surface area contributed by atoms with E-state index in [4.69, 9.17) is 0 Å². The van der Waals surface area contributed by atoms with Gasteiger partial charge >= 0.3 is 0 Å². The van der Waals surface area contributed by atoms with E-state index in [9.17, 15) is 0 Å². The lowest BCUT2D eigenvalue weighted by Crippen LogP contribution is -2.24. The Bertz CT molecular complexity index is 147.